The predicted octanol–water partition coefficient (Wildman–Crippen LogP) is 2.92. The van der Waals surface area contributed by atoms with Crippen molar-refractivity contribution in [2.45, 2.75) is 10.2 Å². The summed E-state index contributed by atoms with van der Waals surface area (Å²) in [5.74, 6) is -1.70. The van der Waals surface area contributed by atoms with Gasteiger partial charge in [0.15, 0.2) is 0 Å². The van der Waals surface area contributed by atoms with Crippen LogP contribution in [0, 0.1) is 10.1 Å². The van der Waals surface area contributed by atoms with Crippen LogP contribution in [0.3, 0.4) is 0 Å². The minimum absolute atomic E-state index is 0.0111. The van der Waals surface area contributed by atoms with Crippen LogP contribution >= 0.6 is 19.4 Å². The molecular weight excluding hydrogens is 415 g/mol. The molecule has 3 rings (SSSR count). The minimum atomic E-state index is -4.11. The number of benzene rings is 2. The number of non-ortho nitro benzene ring substituents is 1. The summed E-state index contributed by atoms with van der Waals surface area (Å²) in [7, 11) is -7.57. The van der Waals surface area contributed by atoms with Gasteiger partial charge in [-0.3, -0.25) is 14.7 Å². The number of nitro groups is 1. The van der Waals surface area contributed by atoms with Gasteiger partial charge in [0, 0.05) is 16.8 Å². The van der Waals surface area contributed by atoms with Crippen LogP contribution in [0.4, 0.5) is 5.69 Å². The molecule has 0 aliphatic rings. The summed E-state index contributed by atoms with van der Waals surface area (Å²) in [6.07, 6.45) is 0. The summed E-state index contributed by atoms with van der Waals surface area (Å²) in [5.41, 5.74) is -0.193. The highest BCUT2D eigenvalue weighted by Gasteiger charge is 2.27. The molecule has 0 spiro atoms. The minimum Gasteiger partial charge on any atom is -0.465 e. The lowest BCUT2D eigenvalue weighted by Crippen LogP contribution is -2.36. The van der Waals surface area contributed by atoms with Crippen LogP contribution in [0.1, 0.15) is 0 Å². The fraction of sp³-hybridized carbons (Fsp3) is 0.0667. The first-order valence-electron chi connectivity index (χ1n) is 7.41. The number of fused-ring (bicyclic) bond motifs is 1. The van der Waals surface area contributed by atoms with E-state index in [1.54, 1.807) is 24.3 Å². The molecule has 0 bridgehead atoms. The van der Waals surface area contributed by atoms with E-state index in [4.69, 9.17) is 4.74 Å². The molecule has 0 aliphatic heterocycles. The van der Waals surface area contributed by atoms with Crippen molar-refractivity contribution in [1.29, 1.82) is 0 Å². The largest absolute Gasteiger partial charge is 0.465 e. The second kappa shape index (κ2) is 7.75. The van der Waals surface area contributed by atoms with Crippen LogP contribution in [0.15, 0.2) is 58.8 Å². The van der Waals surface area contributed by atoms with Gasteiger partial charge < -0.3 is 9.63 Å². The molecule has 1 heterocycles. The molecule has 0 fully saturated rings. The van der Waals surface area contributed by atoms with Gasteiger partial charge >= 0.3 is 0 Å². The molecule has 0 amide bonds. The molecule has 0 aliphatic carbocycles. The molecule has 142 valence electrons. The molecule has 1 aromatic heterocycles. The number of nitrogens with one attached hydrogen (secondary N) is 1. The molecule has 0 saturated heterocycles. The third-order valence-electron chi connectivity index (χ3n) is 3.46. The Morgan fingerprint density at radius 2 is 1.85 bits per heavy atom. The summed E-state index contributed by atoms with van der Waals surface area (Å²) in [5, 5.41) is 11.4. The van der Waals surface area contributed by atoms with Gasteiger partial charge in [-0.15, -0.1) is 11.3 Å². The molecule has 12 heteroatoms. The SMILES string of the molecule is O=[N+]([O-])c1ccc(OC(NS(=O)(=O)c2cc3ccccc3s2)[PH](=O)O)cc1. The molecular formula is C15H13N2O7PS2. The maximum Gasteiger partial charge on any atom is 0.269 e. The van der Waals surface area contributed by atoms with E-state index < -0.39 is 28.9 Å². The standard InChI is InChI=1S/C15H13N2O7PS2/c18-17(19)11-5-7-12(8-6-11)24-15(25(20)21)16-27(22,23)14-9-10-3-1-2-4-13(10)26-14/h1-9,15-16,25H,(H,20,21). The Morgan fingerprint density at radius 3 is 2.44 bits per heavy atom. The maximum absolute atomic E-state index is 12.5. The molecule has 9 nitrogen and oxygen atoms in total. The van der Waals surface area contributed by atoms with Crippen LogP contribution in [0.25, 0.3) is 10.1 Å². The summed E-state index contributed by atoms with van der Waals surface area (Å²) in [6.45, 7) is 0. The average molecular weight is 428 g/mol. The van der Waals surface area contributed by atoms with E-state index in [2.05, 4.69) is 4.72 Å². The number of nitro benzene ring substituents is 1. The Labute approximate surface area is 158 Å². The smallest absolute Gasteiger partial charge is 0.269 e. The van der Waals surface area contributed by atoms with E-state index in [-0.39, 0.29) is 15.6 Å². The maximum atomic E-state index is 12.5. The lowest BCUT2D eigenvalue weighted by atomic mass is 10.3. The molecule has 27 heavy (non-hydrogen) atoms. The zero-order valence-corrected chi connectivity index (χ0v) is 16.1. The quantitative estimate of drug-likeness (QED) is 0.256. The molecule has 2 unspecified atom stereocenters. The first-order valence-corrected chi connectivity index (χ1v) is 11.1. The van der Waals surface area contributed by atoms with Gasteiger partial charge in [0.2, 0.25) is 14.0 Å². The summed E-state index contributed by atoms with van der Waals surface area (Å²) >= 11 is 1.02. The summed E-state index contributed by atoms with van der Waals surface area (Å²) in [4.78, 5) is 19.5. The normalized spacial score (nSPS) is 14.0. The second-order valence-corrected chi connectivity index (χ2v) is 9.54. The zero-order chi connectivity index (χ0) is 19.6. The number of sulfonamides is 1. The van der Waals surface area contributed by atoms with Crippen molar-refractivity contribution in [3.05, 3.63) is 64.7 Å². The highest BCUT2D eigenvalue weighted by atomic mass is 32.2. The Kier molecular flexibility index (Phi) is 5.59. The first-order chi connectivity index (χ1) is 12.8. The van der Waals surface area contributed by atoms with Crippen molar-refractivity contribution in [2.24, 2.45) is 0 Å². The van der Waals surface area contributed by atoms with E-state index >= 15 is 0 Å². The fourth-order valence-corrected chi connectivity index (χ4v) is 5.68. The van der Waals surface area contributed by atoms with Crippen molar-refractivity contribution in [2.75, 3.05) is 0 Å². The van der Waals surface area contributed by atoms with Crippen molar-refractivity contribution < 1.29 is 27.5 Å². The lowest BCUT2D eigenvalue weighted by molar-refractivity contribution is -0.384. The molecule has 0 saturated carbocycles. The van der Waals surface area contributed by atoms with Gasteiger partial charge in [-0.2, -0.15) is 4.72 Å². The van der Waals surface area contributed by atoms with Crippen LogP contribution in [-0.4, -0.2) is 24.2 Å². The topological polar surface area (TPSA) is 136 Å². The Bertz CT molecular complexity index is 1080. The molecule has 2 atom stereocenters. The number of thiophene rings is 1. The van der Waals surface area contributed by atoms with E-state index in [0.717, 1.165) is 33.6 Å². The molecule has 3 aromatic rings. The van der Waals surface area contributed by atoms with E-state index in [9.17, 15) is 28.0 Å². The number of ether oxygens (including phenoxy) is 1. The van der Waals surface area contributed by atoms with Crippen molar-refractivity contribution in [3.63, 3.8) is 0 Å². The number of hydrogen-bond donors (Lipinski definition) is 2. The average Bonchev–Trinajstić information content (AvgIpc) is 3.06. The van der Waals surface area contributed by atoms with E-state index in [1.165, 1.54) is 18.2 Å². The summed E-state index contributed by atoms with van der Waals surface area (Å²) < 4.78 is 44.7. The highest BCUT2D eigenvalue weighted by molar-refractivity contribution is 7.92. The predicted molar refractivity (Wildman–Crippen MR) is 101 cm³/mol. The lowest BCUT2D eigenvalue weighted by Gasteiger charge is -2.17. The third-order valence-corrected chi connectivity index (χ3v) is 7.37. The Morgan fingerprint density at radius 1 is 1.19 bits per heavy atom. The van der Waals surface area contributed by atoms with Gasteiger partial charge in [0.1, 0.15) is 9.96 Å². The summed E-state index contributed by atoms with van der Waals surface area (Å²) in [6, 6.07) is 13.2. The molecule has 2 N–H and O–H groups in total. The highest BCUT2D eigenvalue weighted by Crippen LogP contribution is 2.31. The van der Waals surface area contributed by atoms with E-state index in [0.29, 0.717) is 0 Å². The molecule has 0 radical (unpaired) electrons. The van der Waals surface area contributed by atoms with Crippen LogP contribution in [0.5, 0.6) is 5.75 Å². The van der Waals surface area contributed by atoms with Gasteiger partial charge in [-0.25, -0.2) is 8.42 Å². The zero-order valence-electron chi connectivity index (χ0n) is 13.4. The number of rotatable bonds is 7. The monoisotopic (exact) mass is 428 g/mol. The van der Waals surface area contributed by atoms with Crippen LogP contribution in [-0.2, 0) is 14.6 Å². The number of nitrogens with zero attached hydrogens (tertiary/aromatic N) is 1. The van der Waals surface area contributed by atoms with Gasteiger partial charge in [0.05, 0.1) is 4.92 Å². The Balaban J connectivity index is 1.82. The number of hydrogen-bond acceptors (Lipinski definition) is 7. The third kappa shape index (κ3) is 4.52. The fourth-order valence-electron chi connectivity index (χ4n) is 2.20. The Hall–Kier alpha value is -2.30. The van der Waals surface area contributed by atoms with Gasteiger partial charge in [-0.1, -0.05) is 18.2 Å². The van der Waals surface area contributed by atoms with E-state index in [1.807, 2.05) is 0 Å². The van der Waals surface area contributed by atoms with Crippen LogP contribution < -0.4 is 9.46 Å². The molecule has 2 aromatic carbocycles. The first kappa shape index (κ1) is 19.5. The van der Waals surface area contributed by atoms with Crippen molar-refractivity contribution in [3.8, 4) is 5.75 Å². The second-order valence-electron chi connectivity index (χ2n) is 5.31. The van der Waals surface area contributed by atoms with Crippen LogP contribution in [0.2, 0.25) is 0 Å². The van der Waals surface area contributed by atoms with Crippen molar-refractivity contribution in [1.82, 2.24) is 4.72 Å². The van der Waals surface area contributed by atoms with Gasteiger partial charge in [-0.05, 0) is 29.7 Å². The van der Waals surface area contributed by atoms with Crippen molar-refractivity contribution >= 4 is 45.2 Å². The van der Waals surface area contributed by atoms with Gasteiger partial charge in [0.25, 0.3) is 15.7 Å².